The van der Waals surface area contributed by atoms with Crippen molar-refractivity contribution in [1.82, 2.24) is 0 Å². The van der Waals surface area contributed by atoms with Crippen LogP contribution in [-0.4, -0.2) is 31.3 Å². The smallest absolute Gasteiger partial charge is 0.263 e. The molecule has 0 fully saturated rings. The minimum absolute atomic E-state index is 0.0574. The highest BCUT2D eigenvalue weighted by Gasteiger charge is 2.19. The van der Waals surface area contributed by atoms with Crippen molar-refractivity contribution in [2.24, 2.45) is 0 Å². The van der Waals surface area contributed by atoms with E-state index in [2.05, 4.69) is 10.6 Å². The Kier molecular flexibility index (Phi) is 8.01. The van der Waals surface area contributed by atoms with Crippen molar-refractivity contribution in [3.05, 3.63) is 77.4 Å². The molecule has 3 aromatic carbocycles. The minimum atomic E-state index is -0.328. The van der Waals surface area contributed by atoms with Crippen LogP contribution >= 0.6 is 11.8 Å². The average molecular weight is 465 g/mol. The first-order valence-electron chi connectivity index (χ1n) is 10.5. The number of carbonyl (C=O) groups is 2. The molecule has 2 N–H and O–H groups in total. The van der Waals surface area contributed by atoms with Gasteiger partial charge in [0.25, 0.3) is 5.91 Å². The van der Waals surface area contributed by atoms with E-state index in [9.17, 15) is 9.59 Å². The van der Waals surface area contributed by atoms with Gasteiger partial charge >= 0.3 is 0 Å². The maximum absolute atomic E-state index is 12.8. The number of anilines is 2. The third-order valence-electron chi connectivity index (χ3n) is 5.18. The van der Waals surface area contributed by atoms with Crippen molar-refractivity contribution in [1.29, 1.82) is 0 Å². The Morgan fingerprint density at radius 3 is 1.91 bits per heavy atom. The molecule has 1 unspecified atom stereocenters. The summed E-state index contributed by atoms with van der Waals surface area (Å²) in [6.07, 6.45) is 0. The molecule has 7 heteroatoms. The highest BCUT2D eigenvalue weighted by atomic mass is 32.2. The van der Waals surface area contributed by atoms with Crippen LogP contribution in [0.5, 0.6) is 11.5 Å². The van der Waals surface area contributed by atoms with Crippen LogP contribution in [-0.2, 0) is 4.79 Å². The van der Waals surface area contributed by atoms with E-state index in [1.165, 1.54) is 26.0 Å². The summed E-state index contributed by atoms with van der Waals surface area (Å²) in [5.74, 6) is 0.481. The van der Waals surface area contributed by atoms with Crippen LogP contribution in [0.15, 0.2) is 65.6 Å². The first-order chi connectivity index (χ1) is 15.8. The fourth-order valence-electron chi connectivity index (χ4n) is 3.38. The molecule has 1 atom stereocenters. The van der Waals surface area contributed by atoms with E-state index in [0.29, 0.717) is 22.7 Å². The monoisotopic (exact) mass is 464 g/mol. The lowest BCUT2D eigenvalue weighted by Crippen LogP contribution is -2.23. The summed E-state index contributed by atoms with van der Waals surface area (Å²) < 4.78 is 10.6. The highest BCUT2D eigenvalue weighted by molar-refractivity contribution is 8.00. The Bertz CT molecular complexity index is 1100. The second-order valence-electron chi connectivity index (χ2n) is 7.53. The highest BCUT2D eigenvalue weighted by Crippen LogP contribution is 2.30. The fourth-order valence-corrected chi connectivity index (χ4v) is 4.25. The number of carbonyl (C=O) groups excluding carboxylic acids is 2. The number of thioether (sulfide) groups is 1. The summed E-state index contributed by atoms with van der Waals surface area (Å²) >= 11 is 1.45. The molecule has 3 rings (SSSR count). The van der Waals surface area contributed by atoms with Crippen LogP contribution in [0.1, 0.15) is 28.4 Å². The number of para-hydroxylation sites is 1. The van der Waals surface area contributed by atoms with E-state index in [1.54, 1.807) is 30.3 Å². The summed E-state index contributed by atoms with van der Waals surface area (Å²) in [7, 11) is 3.02. The van der Waals surface area contributed by atoms with E-state index in [1.807, 2.05) is 51.1 Å². The van der Waals surface area contributed by atoms with Gasteiger partial charge in [0, 0.05) is 16.3 Å². The van der Waals surface area contributed by atoms with E-state index in [4.69, 9.17) is 9.47 Å². The molecule has 0 aliphatic rings. The Balaban J connectivity index is 1.65. The summed E-state index contributed by atoms with van der Waals surface area (Å²) in [4.78, 5) is 26.4. The Hall–Kier alpha value is -3.45. The first kappa shape index (κ1) is 24.2. The number of nitrogens with one attached hydrogen (secondary N) is 2. The van der Waals surface area contributed by atoms with Gasteiger partial charge in [-0.25, -0.2) is 0 Å². The molecule has 2 amide bonds. The maximum Gasteiger partial charge on any atom is 0.263 e. The van der Waals surface area contributed by atoms with Gasteiger partial charge in [-0.2, -0.15) is 0 Å². The molecule has 0 radical (unpaired) electrons. The van der Waals surface area contributed by atoms with Crippen LogP contribution < -0.4 is 20.1 Å². The lowest BCUT2D eigenvalue weighted by atomic mass is 10.1. The molecule has 3 aromatic rings. The maximum atomic E-state index is 12.8. The van der Waals surface area contributed by atoms with Crippen molar-refractivity contribution in [3.8, 4) is 11.5 Å². The summed E-state index contributed by atoms with van der Waals surface area (Å²) in [6, 6.07) is 18.5. The molecule has 0 heterocycles. The molecule has 0 bridgehead atoms. The Morgan fingerprint density at radius 2 is 1.36 bits per heavy atom. The number of hydrogen-bond acceptors (Lipinski definition) is 5. The Labute approximate surface area is 198 Å². The molecule has 0 aliphatic carbocycles. The van der Waals surface area contributed by atoms with Gasteiger partial charge in [0.1, 0.15) is 17.1 Å². The molecule has 0 aromatic heterocycles. The Morgan fingerprint density at radius 1 is 0.818 bits per heavy atom. The zero-order valence-corrected chi connectivity index (χ0v) is 20.2. The molecular weight excluding hydrogens is 436 g/mol. The predicted octanol–water partition coefficient (Wildman–Crippen LogP) is 5.69. The molecule has 0 spiro atoms. The number of methoxy groups -OCH3 is 2. The van der Waals surface area contributed by atoms with Crippen molar-refractivity contribution >= 4 is 35.0 Å². The second-order valence-corrected chi connectivity index (χ2v) is 8.95. The van der Waals surface area contributed by atoms with E-state index in [0.717, 1.165) is 21.7 Å². The van der Waals surface area contributed by atoms with Crippen LogP contribution in [0.2, 0.25) is 0 Å². The number of aryl methyl sites for hydroxylation is 2. The third-order valence-corrected chi connectivity index (χ3v) is 6.29. The zero-order valence-electron chi connectivity index (χ0n) is 19.4. The van der Waals surface area contributed by atoms with E-state index in [-0.39, 0.29) is 17.1 Å². The predicted molar refractivity (Wildman–Crippen MR) is 134 cm³/mol. The largest absolute Gasteiger partial charge is 0.496 e. The molecule has 6 nitrogen and oxygen atoms in total. The van der Waals surface area contributed by atoms with Gasteiger partial charge in [-0.05, 0) is 68.3 Å². The SMILES string of the molecule is COc1cccc(OC)c1C(=O)Nc1ccc(SC(C)C(=O)Nc2c(C)cccc2C)cc1. The summed E-state index contributed by atoms with van der Waals surface area (Å²) in [5, 5.41) is 5.61. The van der Waals surface area contributed by atoms with Crippen LogP contribution in [0.25, 0.3) is 0 Å². The standard InChI is InChI=1S/C26H28N2O4S/c1-16-8-6-9-17(2)24(16)28-25(29)18(3)33-20-14-12-19(13-15-20)27-26(30)23-21(31-4)10-7-11-22(23)32-5/h6-15,18H,1-5H3,(H,27,30)(H,28,29). The van der Waals surface area contributed by atoms with Gasteiger partial charge in [-0.3, -0.25) is 9.59 Å². The van der Waals surface area contributed by atoms with E-state index < -0.39 is 0 Å². The van der Waals surface area contributed by atoms with Crippen molar-refractivity contribution < 1.29 is 19.1 Å². The topological polar surface area (TPSA) is 76.7 Å². The number of ether oxygens (including phenoxy) is 2. The zero-order chi connectivity index (χ0) is 24.0. The molecule has 33 heavy (non-hydrogen) atoms. The van der Waals surface area contributed by atoms with Gasteiger partial charge < -0.3 is 20.1 Å². The molecule has 0 aliphatic heterocycles. The lowest BCUT2D eigenvalue weighted by molar-refractivity contribution is -0.115. The fraction of sp³-hybridized carbons (Fsp3) is 0.231. The van der Waals surface area contributed by atoms with Crippen molar-refractivity contribution in [2.75, 3.05) is 24.9 Å². The molecule has 0 saturated carbocycles. The number of amides is 2. The van der Waals surface area contributed by atoms with E-state index >= 15 is 0 Å². The van der Waals surface area contributed by atoms with Gasteiger partial charge in [0.05, 0.1) is 19.5 Å². The van der Waals surface area contributed by atoms with Crippen LogP contribution in [0.3, 0.4) is 0 Å². The van der Waals surface area contributed by atoms with Crippen molar-refractivity contribution in [3.63, 3.8) is 0 Å². The average Bonchev–Trinajstić information content (AvgIpc) is 2.81. The first-order valence-corrected chi connectivity index (χ1v) is 11.4. The minimum Gasteiger partial charge on any atom is -0.496 e. The molecule has 0 saturated heterocycles. The number of rotatable bonds is 8. The molecular formula is C26H28N2O4S. The molecule has 172 valence electrons. The quantitative estimate of drug-likeness (QED) is 0.419. The summed E-state index contributed by atoms with van der Waals surface area (Å²) in [5.41, 5.74) is 3.89. The second kappa shape index (κ2) is 10.9. The van der Waals surface area contributed by atoms with Crippen LogP contribution in [0, 0.1) is 13.8 Å². The lowest BCUT2D eigenvalue weighted by Gasteiger charge is -2.16. The third kappa shape index (κ3) is 5.87. The van der Waals surface area contributed by atoms with Crippen molar-refractivity contribution in [2.45, 2.75) is 30.9 Å². The van der Waals surface area contributed by atoms with Gasteiger partial charge in [-0.15, -0.1) is 11.8 Å². The summed E-state index contributed by atoms with van der Waals surface area (Å²) in [6.45, 7) is 5.83. The van der Waals surface area contributed by atoms with Crippen LogP contribution in [0.4, 0.5) is 11.4 Å². The number of hydrogen-bond donors (Lipinski definition) is 2. The number of benzene rings is 3. The van der Waals surface area contributed by atoms with Gasteiger partial charge in [0.15, 0.2) is 0 Å². The van der Waals surface area contributed by atoms with Gasteiger partial charge in [-0.1, -0.05) is 24.3 Å². The van der Waals surface area contributed by atoms with Gasteiger partial charge in [0.2, 0.25) is 5.91 Å². The normalized spacial score (nSPS) is 11.4.